The normalized spacial score (nSPS) is 11.0. The van der Waals surface area contributed by atoms with E-state index in [4.69, 9.17) is 0 Å². The maximum atomic E-state index is 12.2. The number of benzene rings is 1. The molecular formula is C22H37NO. The minimum Gasteiger partial charge on any atom is -0.326 e. The second kappa shape index (κ2) is 12.1. The molecule has 1 aromatic rings. The molecule has 0 saturated carbocycles. The summed E-state index contributed by atoms with van der Waals surface area (Å²) in [6.07, 6.45) is 12.2. The van der Waals surface area contributed by atoms with Gasteiger partial charge in [-0.2, -0.15) is 0 Å². The van der Waals surface area contributed by atoms with Crippen molar-refractivity contribution in [2.24, 2.45) is 0 Å². The molecule has 0 spiro atoms. The van der Waals surface area contributed by atoms with Crippen molar-refractivity contribution in [2.45, 2.75) is 97.8 Å². The van der Waals surface area contributed by atoms with E-state index in [-0.39, 0.29) is 5.91 Å². The maximum absolute atomic E-state index is 12.2. The van der Waals surface area contributed by atoms with Crippen molar-refractivity contribution in [3.63, 3.8) is 0 Å². The minimum atomic E-state index is 0.161. The second-order valence-corrected chi connectivity index (χ2v) is 7.32. The molecule has 0 aliphatic carbocycles. The highest BCUT2D eigenvalue weighted by molar-refractivity contribution is 5.92. The molecule has 0 aliphatic heterocycles. The van der Waals surface area contributed by atoms with Crippen molar-refractivity contribution >= 4 is 11.6 Å². The number of para-hydroxylation sites is 1. The number of hydrogen-bond acceptors (Lipinski definition) is 1. The largest absolute Gasteiger partial charge is 0.326 e. The van der Waals surface area contributed by atoms with Gasteiger partial charge in [0.25, 0.3) is 0 Å². The molecule has 0 bridgehead atoms. The van der Waals surface area contributed by atoms with Crippen molar-refractivity contribution in [1.29, 1.82) is 0 Å². The third kappa shape index (κ3) is 7.99. The Balaban J connectivity index is 2.23. The van der Waals surface area contributed by atoms with Gasteiger partial charge in [0.2, 0.25) is 5.91 Å². The van der Waals surface area contributed by atoms with Crippen molar-refractivity contribution in [1.82, 2.24) is 0 Å². The highest BCUT2D eigenvalue weighted by Crippen LogP contribution is 2.27. The van der Waals surface area contributed by atoms with E-state index < -0.39 is 0 Å². The number of anilines is 1. The Hall–Kier alpha value is -1.31. The van der Waals surface area contributed by atoms with E-state index in [1.54, 1.807) is 0 Å². The average molecular weight is 332 g/mol. The van der Waals surface area contributed by atoms with Crippen LogP contribution < -0.4 is 5.32 Å². The van der Waals surface area contributed by atoms with Gasteiger partial charge in [0, 0.05) is 12.1 Å². The molecule has 0 unspecified atom stereocenters. The van der Waals surface area contributed by atoms with Gasteiger partial charge in [0.05, 0.1) is 0 Å². The lowest BCUT2D eigenvalue weighted by Crippen LogP contribution is -2.14. The van der Waals surface area contributed by atoms with Crippen LogP contribution in [0.3, 0.4) is 0 Å². The van der Waals surface area contributed by atoms with Gasteiger partial charge < -0.3 is 5.32 Å². The first-order valence-electron chi connectivity index (χ1n) is 9.95. The minimum absolute atomic E-state index is 0.161. The third-order valence-electron chi connectivity index (χ3n) is 4.70. The van der Waals surface area contributed by atoms with Crippen molar-refractivity contribution < 1.29 is 4.79 Å². The summed E-state index contributed by atoms with van der Waals surface area (Å²) in [6.45, 7) is 8.67. The van der Waals surface area contributed by atoms with Crippen LogP contribution in [0.25, 0.3) is 0 Å². The van der Waals surface area contributed by atoms with Crippen LogP contribution in [0.5, 0.6) is 0 Å². The smallest absolute Gasteiger partial charge is 0.224 e. The molecular weight excluding hydrogens is 294 g/mol. The topological polar surface area (TPSA) is 29.1 Å². The van der Waals surface area contributed by atoms with Crippen LogP contribution in [-0.4, -0.2) is 5.91 Å². The summed E-state index contributed by atoms with van der Waals surface area (Å²) in [5, 5.41) is 3.15. The van der Waals surface area contributed by atoms with Gasteiger partial charge in [0.1, 0.15) is 0 Å². The molecule has 0 aliphatic rings. The zero-order chi connectivity index (χ0) is 17.8. The Labute approximate surface area is 149 Å². The van der Waals surface area contributed by atoms with E-state index >= 15 is 0 Å². The molecule has 1 amide bonds. The molecule has 1 N–H and O–H groups in total. The predicted octanol–water partition coefficient (Wildman–Crippen LogP) is 6.98. The molecule has 1 aromatic carbocycles. The average Bonchev–Trinajstić information content (AvgIpc) is 2.55. The fourth-order valence-electron chi connectivity index (χ4n) is 3.14. The lowest BCUT2D eigenvalue weighted by atomic mass is 9.98. The van der Waals surface area contributed by atoms with E-state index in [0.29, 0.717) is 12.3 Å². The Morgan fingerprint density at radius 2 is 1.54 bits per heavy atom. The Morgan fingerprint density at radius 3 is 2.12 bits per heavy atom. The van der Waals surface area contributed by atoms with Crippen molar-refractivity contribution in [3.05, 3.63) is 29.3 Å². The molecule has 0 aromatic heterocycles. The first-order chi connectivity index (χ1) is 11.6. The van der Waals surface area contributed by atoms with Crippen LogP contribution >= 0.6 is 0 Å². The van der Waals surface area contributed by atoms with Crippen LogP contribution in [0.1, 0.15) is 102 Å². The number of carbonyl (C=O) groups is 1. The van der Waals surface area contributed by atoms with Gasteiger partial charge in [-0.3, -0.25) is 4.79 Å². The van der Waals surface area contributed by atoms with E-state index in [1.165, 1.54) is 56.9 Å². The number of carbonyl (C=O) groups excluding carboxylic acids is 1. The van der Waals surface area contributed by atoms with Gasteiger partial charge in [-0.05, 0) is 30.4 Å². The molecule has 0 atom stereocenters. The number of amides is 1. The molecule has 0 fully saturated rings. The maximum Gasteiger partial charge on any atom is 0.224 e. The van der Waals surface area contributed by atoms with Crippen LogP contribution in [0, 0.1) is 6.92 Å². The van der Waals surface area contributed by atoms with E-state index in [2.05, 4.69) is 51.2 Å². The highest BCUT2D eigenvalue weighted by atomic mass is 16.1. The second-order valence-electron chi connectivity index (χ2n) is 7.32. The van der Waals surface area contributed by atoms with Crippen molar-refractivity contribution in [2.75, 3.05) is 5.32 Å². The van der Waals surface area contributed by atoms with Gasteiger partial charge >= 0.3 is 0 Å². The number of rotatable bonds is 12. The van der Waals surface area contributed by atoms with Gasteiger partial charge in [-0.25, -0.2) is 0 Å². The highest BCUT2D eigenvalue weighted by Gasteiger charge is 2.11. The predicted molar refractivity (Wildman–Crippen MR) is 106 cm³/mol. The summed E-state index contributed by atoms with van der Waals surface area (Å²) in [5.74, 6) is 0.585. The molecule has 2 heteroatoms. The summed E-state index contributed by atoms with van der Waals surface area (Å²) in [4.78, 5) is 12.2. The molecule has 1 rings (SSSR count). The number of hydrogen-bond donors (Lipinski definition) is 1. The number of unbranched alkanes of at least 4 members (excludes halogenated alkanes) is 8. The molecule has 0 heterocycles. The zero-order valence-electron chi connectivity index (χ0n) is 16.3. The number of aryl methyl sites for hydroxylation is 1. The fourth-order valence-corrected chi connectivity index (χ4v) is 3.14. The van der Waals surface area contributed by atoms with Crippen LogP contribution in [0.4, 0.5) is 5.69 Å². The van der Waals surface area contributed by atoms with E-state index in [0.717, 1.165) is 17.7 Å². The number of nitrogens with one attached hydrogen (secondary N) is 1. The monoisotopic (exact) mass is 331 g/mol. The van der Waals surface area contributed by atoms with Gasteiger partial charge in [-0.15, -0.1) is 0 Å². The van der Waals surface area contributed by atoms with E-state index in [1.807, 2.05) is 0 Å². The summed E-state index contributed by atoms with van der Waals surface area (Å²) in [7, 11) is 0. The van der Waals surface area contributed by atoms with Gasteiger partial charge in [0.15, 0.2) is 0 Å². The Morgan fingerprint density at radius 1 is 0.958 bits per heavy atom. The fraction of sp³-hybridized carbons (Fsp3) is 0.682. The van der Waals surface area contributed by atoms with Crippen LogP contribution in [0.15, 0.2) is 18.2 Å². The van der Waals surface area contributed by atoms with Crippen LogP contribution in [-0.2, 0) is 4.79 Å². The van der Waals surface area contributed by atoms with E-state index in [9.17, 15) is 4.79 Å². The molecule has 2 nitrogen and oxygen atoms in total. The molecule has 24 heavy (non-hydrogen) atoms. The summed E-state index contributed by atoms with van der Waals surface area (Å²) in [5.41, 5.74) is 3.41. The molecule has 136 valence electrons. The third-order valence-corrected chi connectivity index (χ3v) is 4.70. The van der Waals surface area contributed by atoms with Crippen molar-refractivity contribution in [3.8, 4) is 0 Å². The zero-order valence-corrected chi connectivity index (χ0v) is 16.3. The SMILES string of the molecule is CCCCCCCCCCCC(=O)Nc1c(C)cccc1C(C)C. The first kappa shape index (κ1) is 20.7. The standard InChI is InChI=1S/C22H37NO/c1-5-6-7-8-9-10-11-12-13-17-21(24)23-22-19(4)15-14-16-20(22)18(2)3/h14-16,18H,5-13,17H2,1-4H3,(H,23,24). The Bertz CT molecular complexity index is 479. The lowest BCUT2D eigenvalue weighted by Gasteiger charge is -2.16. The summed E-state index contributed by atoms with van der Waals surface area (Å²) < 4.78 is 0. The molecule has 0 radical (unpaired) electrons. The summed E-state index contributed by atoms with van der Waals surface area (Å²) >= 11 is 0. The summed E-state index contributed by atoms with van der Waals surface area (Å²) in [6, 6.07) is 6.26. The first-order valence-corrected chi connectivity index (χ1v) is 9.95. The van der Waals surface area contributed by atoms with Gasteiger partial charge in [-0.1, -0.05) is 90.3 Å². The molecule has 0 saturated heterocycles. The van der Waals surface area contributed by atoms with Crippen LogP contribution in [0.2, 0.25) is 0 Å². The Kier molecular flexibility index (Phi) is 10.5. The quantitative estimate of drug-likeness (QED) is 0.411. The lowest BCUT2D eigenvalue weighted by molar-refractivity contribution is -0.116.